The minimum Gasteiger partial charge on any atom is -0.368 e. The molecule has 0 aliphatic rings. The van der Waals surface area contributed by atoms with Gasteiger partial charge >= 0.3 is 0 Å². The van der Waals surface area contributed by atoms with E-state index in [0.29, 0.717) is 96.4 Å². The molecule has 0 bridgehead atoms. The summed E-state index contributed by atoms with van der Waals surface area (Å²) in [5, 5.41) is 30.8. The van der Waals surface area contributed by atoms with E-state index < -0.39 is 0 Å². The molecule has 0 aliphatic carbocycles. The van der Waals surface area contributed by atoms with Crippen molar-refractivity contribution < 1.29 is 0 Å². The lowest BCUT2D eigenvalue weighted by Gasteiger charge is -2.12. The number of aromatic nitrogens is 27. The van der Waals surface area contributed by atoms with Crippen LogP contribution in [0.4, 0.5) is 137 Å². The van der Waals surface area contributed by atoms with Gasteiger partial charge in [0.25, 0.3) is 0 Å². The minimum atomic E-state index is 0.0981. The molecule has 9 aromatic heterocycles. The Morgan fingerprint density at radius 1 is 0.230 bits per heavy atom. The van der Waals surface area contributed by atoms with Gasteiger partial charge in [-0.1, -0.05) is 169 Å². The van der Waals surface area contributed by atoms with Crippen molar-refractivity contribution in [3.8, 4) is 0 Å². The Labute approximate surface area is 815 Å². The highest BCUT2D eigenvalue weighted by Crippen LogP contribution is 2.18. The summed E-state index contributed by atoms with van der Waals surface area (Å²) in [5.74, 6) is 12.9. The summed E-state index contributed by atoms with van der Waals surface area (Å²) < 4.78 is 0. The first-order valence-electron chi connectivity index (χ1n) is 45.7. The Bertz CT molecular complexity index is 5480. The molecule has 0 spiro atoms. The first kappa shape index (κ1) is 113. The zero-order chi connectivity index (χ0) is 102. The van der Waals surface area contributed by atoms with Gasteiger partial charge in [-0.2, -0.15) is 135 Å². The van der Waals surface area contributed by atoms with Crippen LogP contribution in [0.3, 0.4) is 0 Å². The number of anilines is 23. The molecule has 748 valence electrons. The second kappa shape index (κ2) is 64.5. The third-order valence-electron chi connectivity index (χ3n) is 17.6. The number of nitrogens with one attached hydrogen (secondary N) is 10. The molecule has 49 heteroatoms. The minimum absolute atomic E-state index is 0.0981. The smallest absolute Gasteiger partial charge is 0.233 e. The molecule has 0 atom stereocenters. The summed E-state index contributed by atoms with van der Waals surface area (Å²) >= 11 is 0. The van der Waals surface area contributed by atoms with Crippen molar-refractivity contribution in [2.75, 3.05) is 228 Å². The van der Waals surface area contributed by atoms with Crippen LogP contribution in [-0.4, -0.2) is 244 Å². The van der Waals surface area contributed by atoms with E-state index in [9.17, 15) is 0 Å². The highest BCUT2D eigenvalue weighted by Gasteiger charge is 2.12. The maximum atomic E-state index is 5.47. The van der Waals surface area contributed by atoms with E-state index in [1.54, 1.807) is 7.05 Å². The Morgan fingerprint density at radius 2 is 0.504 bits per heavy atom. The Hall–Kier alpha value is -16.4. The predicted molar refractivity (Wildman–Crippen MR) is 562 cm³/mol. The van der Waals surface area contributed by atoms with E-state index >= 15 is 0 Å². The first-order valence-corrected chi connectivity index (χ1v) is 45.7. The van der Waals surface area contributed by atoms with Crippen LogP contribution in [0.15, 0.2) is 121 Å². The van der Waals surface area contributed by atoms with Gasteiger partial charge in [0, 0.05) is 121 Å². The lowest BCUT2D eigenvalue weighted by Crippen LogP contribution is -2.16. The van der Waals surface area contributed by atoms with Crippen LogP contribution in [0.1, 0.15) is 145 Å². The largest absolute Gasteiger partial charge is 0.368 e. The number of aryl methyl sites for hydroxylation is 6. The second-order valence-electron chi connectivity index (χ2n) is 30.9. The molecule has 0 amide bonds. The van der Waals surface area contributed by atoms with Crippen molar-refractivity contribution in [1.82, 2.24) is 135 Å². The van der Waals surface area contributed by atoms with E-state index in [1.165, 1.54) is 36.8 Å². The molecule has 4 aromatic carbocycles. The van der Waals surface area contributed by atoms with Crippen LogP contribution >= 0.6 is 0 Å². The molecule has 0 radical (unpaired) electrons. The SMILES string of the molecule is CCCCCNc1nc(C)nc(N(C)C)n1.CCCCCNc1nc(C)nc(NC)n1.CCCCNc1nc(C)nc(N(C)C)n1.CCCNc1nc(C)nc(N(C)C)n1.CCNc1nc(C)nc(N(C)C)n1.Nc1nc(N)nc(NCCCc2ccccc2)n1.Nc1nc(N)nc(NCCc2ccccc2)n1.Nc1nc(N)nc(NCc2ccccc2)n1.Nc1nc(N)nc(Nc2ccccc2)n1. The van der Waals surface area contributed by atoms with Gasteiger partial charge in [-0.15, -0.1) is 0 Å². The second-order valence-corrected chi connectivity index (χ2v) is 30.9. The average Bonchev–Trinajstić information content (AvgIpc) is 0.908. The van der Waals surface area contributed by atoms with Crippen molar-refractivity contribution in [2.24, 2.45) is 0 Å². The summed E-state index contributed by atoms with van der Waals surface area (Å²) in [7, 11) is 17.1. The standard InChI is InChI=1S/C12H16N6.C11H14N6.C11H21N5.C10H12N6.2C10H19N5.C9H10N6.C9H17N5.C8H15N5/c13-10-16-11(14)18-12(17-10)15-8-4-7-9-5-2-1-3-6-9;12-9-15-10(13)17-11(16-9)14-7-6-8-4-2-1-3-5-8;1-5-6-7-8-12-10-13-9(2)14-11(15-10)16(3)4;11-8-14-9(12)16-10(15-8)13-6-7-4-2-1-3-5-7;1-5-6-7-11-9-12-8(2)13-10(14-9)15(3)4;1-4-5-6-7-12-10-14-8(2)13-9(11-3)15-10;10-7-13-8(11)15-9(14-7)12-6-4-2-1-3-5-6;1-5-6-10-8-11-7(2)12-9(13-8)14(3)4;1-5-9-7-10-6(2)11-8(12-7)13(3)4/h1-3,5-6H,4,7-8H2,(H5,13,14,15,16,17,18);1-5H,6-7H2,(H5,12,13,14,15,16,17);5-8H2,1-4H3,(H,12,13,14,15);1-5H,6H2,(H5,11,12,13,14,15,16);5-7H2,1-4H3,(H,11,12,13,14);4-7H2,1-3H3,(H2,11,12,13,14,15);1-5H,(H5,10,11,12,13,14,15);5-6H2,1-4H3,(H,10,11,12,13);5H2,1-4H3,(H,9,10,11,12). The van der Waals surface area contributed by atoms with E-state index in [0.717, 1.165) is 131 Å². The van der Waals surface area contributed by atoms with Crippen LogP contribution in [0.5, 0.6) is 0 Å². The van der Waals surface area contributed by atoms with Gasteiger partial charge in [0.15, 0.2) is 0 Å². The van der Waals surface area contributed by atoms with Crippen molar-refractivity contribution in [2.45, 2.75) is 153 Å². The van der Waals surface area contributed by atoms with Crippen molar-refractivity contribution in [3.63, 3.8) is 0 Å². The lowest BCUT2D eigenvalue weighted by molar-refractivity contribution is 0.738. The topological polar surface area (TPSA) is 689 Å². The molecule has 13 rings (SSSR count). The molecular weight excluding hydrogens is 1770 g/mol. The number of nitrogens with zero attached hydrogens (tertiary/aromatic N) is 31. The fourth-order valence-corrected chi connectivity index (χ4v) is 11.0. The molecule has 49 nitrogen and oxygen atoms in total. The zero-order valence-corrected chi connectivity index (χ0v) is 83.7. The summed E-state index contributed by atoms with van der Waals surface area (Å²) in [6.07, 6.45) is 13.4. The number of benzene rings is 4. The van der Waals surface area contributed by atoms with Crippen LogP contribution in [0.2, 0.25) is 0 Å². The summed E-state index contributed by atoms with van der Waals surface area (Å²) in [4.78, 5) is 117. The number of hydrogen-bond donors (Lipinski definition) is 18. The molecule has 13 aromatic rings. The van der Waals surface area contributed by atoms with Crippen molar-refractivity contribution >= 4 is 137 Å². The van der Waals surface area contributed by atoms with Gasteiger partial charge in [0.05, 0.1) is 0 Å². The Kier molecular flexibility index (Phi) is 52.4. The summed E-state index contributed by atoms with van der Waals surface area (Å²) in [6, 6.07) is 39.8. The zero-order valence-electron chi connectivity index (χ0n) is 83.7. The monoisotopic (exact) mass is 1910 g/mol. The highest BCUT2D eigenvalue weighted by molar-refractivity contribution is 5.55. The number of hydrogen-bond acceptors (Lipinski definition) is 49. The number of unbranched alkanes of at least 4 members (excludes halogenated alkanes) is 5. The molecule has 0 unspecified atom stereocenters. The fourth-order valence-electron chi connectivity index (χ4n) is 11.0. The average molecular weight is 1910 g/mol. The third kappa shape index (κ3) is 49.4. The number of para-hydroxylation sites is 1. The van der Waals surface area contributed by atoms with Crippen molar-refractivity contribution in [1.29, 1.82) is 0 Å². The van der Waals surface area contributed by atoms with E-state index in [4.69, 9.17) is 45.9 Å². The fraction of sp³-hybridized carbons (Fsp3) is 0.433. The van der Waals surface area contributed by atoms with Crippen LogP contribution in [0, 0.1) is 34.6 Å². The van der Waals surface area contributed by atoms with Crippen LogP contribution < -0.4 is 119 Å². The lowest BCUT2D eigenvalue weighted by atomic mass is 10.1. The molecule has 26 N–H and O–H groups in total. The van der Waals surface area contributed by atoms with E-state index in [-0.39, 0.29) is 47.6 Å². The maximum absolute atomic E-state index is 5.47. The Morgan fingerprint density at radius 3 is 0.842 bits per heavy atom. The van der Waals surface area contributed by atoms with Gasteiger partial charge in [0.2, 0.25) is 131 Å². The molecular formula is C90H143N49. The first-order chi connectivity index (χ1) is 66.7. The normalized spacial score (nSPS) is 10.1. The van der Waals surface area contributed by atoms with Crippen LogP contribution in [-0.2, 0) is 19.4 Å². The van der Waals surface area contributed by atoms with E-state index in [1.807, 2.05) is 215 Å². The number of rotatable bonds is 38. The molecule has 9 heterocycles. The number of nitrogens with two attached hydrogens (primary N) is 8. The third-order valence-corrected chi connectivity index (χ3v) is 17.6. The summed E-state index contributed by atoms with van der Waals surface area (Å²) in [5.41, 5.74) is 48.2. The van der Waals surface area contributed by atoms with Crippen molar-refractivity contribution in [3.05, 3.63) is 167 Å². The predicted octanol–water partition coefficient (Wildman–Crippen LogP) is 10.1. The van der Waals surface area contributed by atoms with Gasteiger partial charge in [-0.3, -0.25) is 0 Å². The van der Waals surface area contributed by atoms with Crippen LogP contribution in [0.25, 0.3) is 0 Å². The summed E-state index contributed by atoms with van der Waals surface area (Å²) in [6.45, 7) is 26.5. The van der Waals surface area contributed by atoms with Gasteiger partial charge < -0.3 is 119 Å². The molecule has 139 heavy (non-hydrogen) atoms. The van der Waals surface area contributed by atoms with Gasteiger partial charge in [-0.25, -0.2) is 0 Å². The maximum Gasteiger partial charge on any atom is 0.233 e. The number of nitrogen functional groups attached to an aromatic ring is 8. The molecule has 0 fully saturated rings. The Balaban J connectivity index is 0.000000276. The molecule has 0 saturated heterocycles. The van der Waals surface area contributed by atoms with Gasteiger partial charge in [0.1, 0.15) is 29.1 Å². The highest BCUT2D eigenvalue weighted by atomic mass is 15.3. The van der Waals surface area contributed by atoms with E-state index in [2.05, 4.69) is 240 Å². The van der Waals surface area contributed by atoms with Gasteiger partial charge in [-0.05, 0) is 115 Å². The quantitative estimate of drug-likeness (QED) is 0.0160. The molecule has 0 aliphatic heterocycles. The molecule has 0 saturated carbocycles.